The predicted octanol–water partition coefficient (Wildman–Crippen LogP) is -1.14. The third-order valence-corrected chi connectivity index (χ3v) is 4.61. The molecular weight excluding hydrogens is 324 g/mol. The number of halogens is 1. The summed E-state index contributed by atoms with van der Waals surface area (Å²) in [6.07, 6.45) is 6.24. The molecule has 5 nitrogen and oxygen atoms in total. The smallest absolute Gasteiger partial charge is 0.257 e. The molecule has 0 saturated heterocycles. The van der Waals surface area contributed by atoms with E-state index in [1.54, 1.807) is 0 Å². The molecule has 126 valence electrons. The maximum atomic E-state index is 6.23. The Hall–Kier alpha value is -2.27. The number of nitrogens with zero attached hydrogens (tertiary/aromatic N) is 3. The number of aryl methyl sites for hydroxylation is 3. The van der Waals surface area contributed by atoms with Crippen LogP contribution in [0.25, 0.3) is 5.52 Å². The normalized spacial score (nSPS) is 12.9. The van der Waals surface area contributed by atoms with Gasteiger partial charge in [-0.1, -0.05) is 12.1 Å². The molecule has 0 atom stereocenters. The minimum Gasteiger partial charge on any atom is -1.00 e. The molecular formula is C18H21ClN4O. The molecule has 24 heavy (non-hydrogen) atoms. The van der Waals surface area contributed by atoms with Gasteiger partial charge in [0, 0.05) is 17.8 Å². The molecule has 3 heterocycles. The van der Waals surface area contributed by atoms with Crippen molar-refractivity contribution in [3.63, 3.8) is 0 Å². The Bertz CT molecular complexity index is 875. The summed E-state index contributed by atoms with van der Waals surface area (Å²) >= 11 is 0. The highest BCUT2D eigenvalue weighted by atomic mass is 35.5. The van der Waals surface area contributed by atoms with Gasteiger partial charge in [-0.25, -0.2) is 9.08 Å². The van der Waals surface area contributed by atoms with E-state index in [0.29, 0.717) is 18.2 Å². The Morgan fingerprint density at radius 2 is 2.12 bits per heavy atom. The summed E-state index contributed by atoms with van der Waals surface area (Å²) in [6.45, 7) is 0.564. The third-order valence-electron chi connectivity index (χ3n) is 4.61. The van der Waals surface area contributed by atoms with Crippen molar-refractivity contribution in [2.24, 2.45) is 7.05 Å². The number of nitrogen functional groups attached to an aromatic ring is 1. The third kappa shape index (κ3) is 2.80. The van der Waals surface area contributed by atoms with Crippen LogP contribution in [0.5, 0.6) is 5.88 Å². The number of anilines is 1. The lowest BCUT2D eigenvalue weighted by Gasteiger charge is -2.02. The van der Waals surface area contributed by atoms with Gasteiger partial charge in [0.15, 0.2) is 11.9 Å². The Morgan fingerprint density at radius 3 is 2.96 bits per heavy atom. The van der Waals surface area contributed by atoms with Crippen molar-refractivity contribution in [3.8, 4) is 5.88 Å². The molecule has 0 bridgehead atoms. The van der Waals surface area contributed by atoms with Crippen LogP contribution in [0.1, 0.15) is 23.4 Å². The summed E-state index contributed by atoms with van der Waals surface area (Å²) < 4.78 is 9.94. The fourth-order valence-electron chi connectivity index (χ4n) is 3.32. The van der Waals surface area contributed by atoms with E-state index < -0.39 is 0 Å². The van der Waals surface area contributed by atoms with Crippen molar-refractivity contribution in [2.75, 3.05) is 12.3 Å². The van der Waals surface area contributed by atoms with Gasteiger partial charge in [-0.15, -0.1) is 5.10 Å². The first-order chi connectivity index (χ1) is 11.2. The van der Waals surface area contributed by atoms with E-state index in [-0.39, 0.29) is 12.4 Å². The lowest BCUT2D eigenvalue weighted by Crippen LogP contribution is -3.00. The van der Waals surface area contributed by atoms with E-state index >= 15 is 0 Å². The minimum atomic E-state index is 0. The Balaban J connectivity index is 0.00000169. The Labute approximate surface area is 147 Å². The minimum absolute atomic E-state index is 0. The molecule has 0 radical (unpaired) electrons. The molecule has 3 aromatic rings. The second-order valence-corrected chi connectivity index (χ2v) is 6.08. The van der Waals surface area contributed by atoms with E-state index in [9.17, 15) is 0 Å². The van der Waals surface area contributed by atoms with Crippen LogP contribution in [-0.4, -0.2) is 16.2 Å². The summed E-state index contributed by atoms with van der Waals surface area (Å²) in [5.41, 5.74) is 11.7. The first-order valence-corrected chi connectivity index (χ1v) is 8.09. The number of nitrogens with two attached hydrogens (primary N) is 1. The molecule has 6 heteroatoms. The molecule has 0 spiro atoms. The van der Waals surface area contributed by atoms with Crippen molar-refractivity contribution in [3.05, 3.63) is 53.5 Å². The van der Waals surface area contributed by atoms with E-state index in [1.165, 1.54) is 23.4 Å². The molecule has 0 saturated carbocycles. The van der Waals surface area contributed by atoms with Crippen LogP contribution in [0.3, 0.4) is 0 Å². The first-order valence-electron chi connectivity index (χ1n) is 8.09. The van der Waals surface area contributed by atoms with E-state index in [4.69, 9.17) is 10.5 Å². The van der Waals surface area contributed by atoms with Crippen molar-refractivity contribution in [1.82, 2.24) is 9.61 Å². The van der Waals surface area contributed by atoms with Crippen LogP contribution < -0.4 is 27.4 Å². The van der Waals surface area contributed by atoms with E-state index in [2.05, 4.69) is 27.9 Å². The average molecular weight is 345 g/mol. The number of aromatic nitrogens is 3. The predicted molar refractivity (Wildman–Crippen MR) is 88.4 cm³/mol. The number of fused-ring (bicyclic) bond motifs is 3. The molecule has 3 aromatic heterocycles. The number of rotatable bonds is 4. The average Bonchev–Trinajstić information content (AvgIpc) is 3.14. The van der Waals surface area contributed by atoms with E-state index in [1.807, 2.05) is 29.9 Å². The summed E-state index contributed by atoms with van der Waals surface area (Å²) in [6, 6.07) is 10.4. The monoisotopic (exact) mass is 344 g/mol. The maximum Gasteiger partial charge on any atom is 0.257 e. The van der Waals surface area contributed by atoms with Gasteiger partial charge in [0.25, 0.3) is 5.88 Å². The SMILES string of the molecule is C[n+]1ccccc1CCOc1nn2c3c(ccc2c1N)CCC3.[Cl-]. The standard InChI is InChI=1S/C18H21N4O.ClH/c1-21-11-3-2-6-14(21)10-12-23-18-17(19)16-9-8-13-5-4-7-15(13)22(16)20-18;/h2-3,6,8-9,11H,4-5,7,10,12,19H2,1H3;1H/q+1;/p-1. The molecule has 1 aliphatic rings. The molecule has 0 aliphatic heterocycles. The first kappa shape index (κ1) is 16.6. The van der Waals surface area contributed by atoms with Gasteiger partial charge in [-0.2, -0.15) is 0 Å². The fourth-order valence-corrected chi connectivity index (χ4v) is 3.32. The van der Waals surface area contributed by atoms with Crippen LogP contribution in [-0.2, 0) is 26.3 Å². The molecule has 0 aromatic carbocycles. The largest absolute Gasteiger partial charge is 1.00 e. The summed E-state index contributed by atoms with van der Waals surface area (Å²) in [7, 11) is 2.04. The zero-order valence-electron chi connectivity index (χ0n) is 13.7. The molecule has 0 fully saturated rings. The number of hydrogen-bond acceptors (Lipinski definition) is 3. The Morgan fingerprint density at radius 1 is 1.25 bits per heavy atom. The highest BCUT2D eigenvalue weighted by Gasteiger charge is 2.19. The molecule has 1 aliphatic carbocycles. The van der Waals surface area contributed by atoms with Crippen LogP contribution >= 0.6 is 0 Å². The van der Waals surface area contributed by atoms with Crippen molar-refractivity contribution in [1.29, 1.82) is 0 Å². The molecule has 4 rings (SSSR count). The van der Waals surface area contributed by atoms with Crippen LogP contribution in [0.15, 0.2) is 36.5 Å². The van der Waals surface area contributed by atoms with Crippen molar-refractivity contribution in [2.45, 2.75) is 25.7 Å². The maximum absolute atomic E-state index is 6.23. The number of pyridine rings is 2. The van der Waals surface area contributed by atoms with Gasteiger partial charge in [-0.05, 0) is 30.9 Å². The topological polar surface area (TPSA) is 56.4 Å². The zero-order chi connectivity index (χ0) is 15.8. The summed E-state index contributed by atoms with van der Waals surface area (Å²) in [5, 5.41) is 4.60. The van der Waals surface area contributed by atoms with Crippen LogP contribution in [0.2, 0.25) is 0 Å². The van der Waals surface area contributed by atoms with Gasteiger partial charge in [0.1, 0.15) is 12.7 Å². The van der Waals surface area contributed by atoms with Gasteiger partial charge in [0.05, 0.1) is 18.5 Å². The Kier molecular flexibility index (Phi) is 4.62. The molecule has 2 N–H and O–H groups in total. The van der Waals surface area contributed by atoms with E-state index in [0.717, 1.165) is 24.8 Å². The molecule has 0 amide bonds. The lowest BCUT2D eigenvalue weighted by molar-refractivity contribution is -0.679. The lowest BCUT2D eigenvalue weighted by atomic mass is 10.2. The summed E-state index contributed by atoms with van der Waals surface area (Å²) in [4.78, 5) is 0. The zero-order valence-corrected chi connectivity index (χ0v) is 14.5. The fraction of sp³-hybridized carbons (Fsp3) is 0.333. The number of ether oxygens (including phenoxy) is 1. The number of hydrogen-bond donors (Lipinski definition) is 1. The van der Waals surface area contributed by atoms with Crippen molar-refractivity contribution < 1.29 is 21.7 Å². The van der Waals surface area contributed by atoms with Gasteiger partial charge in [-0.3, -0.25) is 0 Å². The van der Waals surface area contributed by atoms with Crippen molar-refractivity contribution >= 4 is 11.2 Å². The summed E-state index contributed by atoms with van der Waals surface area (Å²) in [5.74, 6) is 0.545. The van der Waals surface area contributed by atoms with Crippen LogP contribution in [0.4, 0.5) is 5.69 Å². The quantitative estimate of drug-likeness (QED) is 0.608. The second kappa shape index (κ2) is 6.69. The highest BCUT2D eigenvalue weighted by molar-refractivity contribution is 5.75. The van der Waals surface area contributed by atoms with Gasteiger partial charge < -0.3 is 22.9 Å². The second-order valence-electron chi connectivity index (χ2n) is 6.08. The highest BCUT2D eigenvalue weighted by Crippen LogP contribution is 2.30. The molecule has 0 unspecified atom stereocenters. The van der Waals surface area contributed by atoms with Crippen LogP contribution in [0, 0.1) is 0 Å². The van der Waals surface area contributed by atoms with Gasteiger partial charge >= 0.3 is 0 Å². The van der Waals surface area contributed by atoms with Gasteiger partial charge in [0.2, 0.25) is 0 Å².